The van der Waals surface area contributed by atoms with Gasteiger partial charge in [0.25, 0.3) is 0 Å². The van der Waals surface area contributed by atoms with Crippen molar-refractivity contribution in [1.82, 2.24) is 0 Å². The van der Waals surface area contributed by atoms with E-state index in [1.54, 1.807) is 48.5 Å². The molecular formula is C35H43BrO5. The maximum absolute atomic E-state index is 12.6. The van der Waals surface area contributed by atoms with Crippen LogP contribution in [0.25, 0.3) is 0 Å². The van der Waals surface area contributed by atoms with Gasteiger partial charge in [-0.1, -0.05) is 106 Å². The van der Waals surface area contributed by atoms with Crippen molar-refractivity contribution in [3.05, 3.63) is 94.0 Å². The standard InChI is InChI=1S/C35H43BrO5/c1-2-3-4-5-6-7-8-9-10-11-12-13-26-39-32-22-16-30(17-23-32)35(38)41-33-24-18-29(19-25-33)34(37)40-27-28-14-20-31(36)21-15-28/h14-25H,2-13,26-27H2,1H3. The van der Waals surface area contributed by atoms with Gasteiger partial charge in [0, 0.05) is 4.47 Å². The number of benzene rings is 3. The van der Waals surface area contributed by atoms with Crippen molar-refractivity contribution in [2.24, 2.45) is 0 Å². The molecule has 3 aromatic rings. The van der Waals surface area contributed by atoms with E-state index in [4.69, 9.17) is 14.2 Å². The molecule has 3 rings (SSSR count). The van der Waals surface area contributed by atoms with Crippen LogP contribution in [0.5, 0.6) is 11.5 Å². The van der Waals surface area contributed by atoms with E-state index in [-0.39, 0.29) is 6.61 Å². The summed E-state index contributed by atoms with van der Waals surface area (Å²) in [5.41, 5.74) is 1.71. The molecule has 0 aliphatic heterocycles. The summed E-state index contributed by atoms with van der Waals surface area (Å²) < 4.78 is 17.6. The van der Waals surface area contributed by atoms with Gasteiger partial charge >= 0.3 is 11.9 Å². The van der Waals surface area contributed by atoms with Gasteiger partial charge in [0.15, 0.2) is 0 Å². The lowest BCUT2D eigenvalue weighted by Gasteiger charge is -2.08. The average Bonchev–Trinajstić information content (AvgIpc) is 2.99. The second kappa shape index (κ2) is 19.1. The van der Waals surface area contributed by atoms with Crippen LogP contribution in [0.15, 0.2) is 77.3 Å². The summed E-state index contributed by atoms with van der Waals surface area (Å²) in [6.07, 6.45) is 15.8. The van der Waals surface area contributed by atoms with Gasteiger partial charge in [-0.2, -0.15) is 0 Å². The first-order valence-electron chi connectivity index (χ1n) is 15.0. The number of ether oxygens (including phenoxy) is 3. The highest BCUT2D eigenvalue weighted by Gasteiger charge is 2.11. The highest BCUT2D eigenvalue weighted by molar-refractivity contribution is 9.10. The first-order chi connectivity index (χ1) is 20.0. The summed E-state index contributed by atoms with van der Waals surface area (Å²) in [4.78, 5) is 24.9. The Bertz CT molecular complexity index is 1160. The Morgan fingerprint density at radius 1 is 0.585 bits per heavy atom. The fraction of sp³-hybridized carbons (Fsp3) is 0.429. The van der Waals surface area contributed by atoms with Crippen molar-refractivity contribution in [2.45, 2.75) is 90.6 Å². The SMILES string of the molecule is CCCCCCCCCCCCCCOc1ccc(C(=O)Oc2ccc(C(=O)OCc3ccc(Br)cc3)cc2)cc1. The highest BCUT2D eigenvalue weighted by atomic mass is 79.9. The summed E-state index contributed by atoms with van der Waals surface area (Å²) in [5.74, 6) is 0.190. The van der Waals surface area contributed by atoms with Gasteiger partial charge in [-0.25, -0.2) is 9.59 Å². The van der Waals surface area contributed by atoms with Crippen LogP contribution in [0, 0.1) is 0 Å². The lowest BCUT2D eigenvalue weighted by molar-refractivity contribution is 0.0472. The van der Waals surface area contributed by atoms with E-state index in [2.05, 4.69) is 22.9 Å². The van der Waals surface area contributed by atoms with E-state index in [9.17, 15) is 9.59 Å². The van der Waals surface area contributed by atoms with Crippen LogP contribution in [0.2, 0.25) is 0 Å². The summed E-state index contributed by atoms with van der Waals surface area (Å²) in [6.45, 7) is 3.13. The molecule has 0 saturated heterocycles. The third-order valence-electron chi connectivity index (χ3n) is 6.94. The maximum Gasteiger partial charge on any atom is 0.343 e. The summed E-state index contributed by atoms with van der Waals surface area (Å²) in [6, 6.07) is 20.9. The first-order valence-corrected chi connectivity index (χ1v) is 15.8. The molecule has 220 valence electrons. The van der Waals surface area contributed by atoms with Gasteiger partial charge in [0.05, 0.1) is 17.7 Å². The number of carbonyl (C=O) groups excluding carboxylic acids is 2. The minimum Gasteiger partial charge on any atom is -0.494 e. The van der Waals surface area contributed by atoms with Crippen molar-refractivity contribution in [3.63, 3.8) is 0 Å². The number of unbranched alkanes of at least 4 members (excludes halogenated alkanes) is 11. The molecule has 0 aliphatic carbocycles. The van der Waals surface area contributed by atoms with E-state index >= 15 is 0 Å². The van der Waals surface area contributed by atoms with E-state index in [1.807, 2.05) is 24.3 Å². The summed E-state index contributed by atoms with van der Waals surface area (Å²) in [5, 5.41) is 0. The predicted octanol–water partition coefficient (Wildman–Crippen LogP) is 10.1. The third-order valence-corrected chi connectivity index (χ3v) is 7.47. The largest absolute Gasteiger partial charge is 0.494 e. The second-order valence-corrected chi connectivity index (χ2v) is 11.3. The summed E-state index contributed by atoms with van der Waals surface area (Å²) >= 11 is 3.38. The smallest absolute Gasteiger partial charge is 0.343 e. The molecule has 0 unspecified atom stereocenters. The van der Waals surface area contributed by atoms with E-state index in [1.165, 1.54) is 70.6 Å². The van der Waals surface area contributed by atoms with Crippen LogP contribution in [0.4, 0.5) is 0 Å². The van der Waals surface area contributed by atoms with Crippen molar-refractivity contribution in [1.29, 1.82) is 0 Å². The van der Waals surface area contributed by atoms with Crippen LogP contribution in [-0.2, 0) is 11.3 Å². The molecule has 6 heteroatoms. The zero-order valence-corrected chi connectivity index (χ0v) is 25.8. The minimum absolute atomic E-state index is 0.182. The number of hydrogen-bond acceptors (Lipinski definition) is 5. The number of carbonyl (C=O) groups is 2. The van der Waals surface area contributed by atoms with Gasteiger partial charge < -0.3 is 14.2 Å². The molecule has 0 amide bonds. The van der Waals surface area contributed by atoms with Crippen molar-refractivity contribution >= 4 is 27.9 Å². The van der Waals surface area contributed by atoms with Gasteiger partial charge in [-0.15, -0.1) is 0 Å². The molecule has 41 heavy (non-hydrogen) atoms. The molecule has 0 fully saturated rings. The number of esters is 2. The number of rotatable bonds is 19. The number of halogens is 1. The Morgan fingerprint density at radius 3 is 1.63 bits per heavy atom. The molecule has 5 nitrogen and oxygen atoms in total. The van der Waals surface area contributed by atoms with Gasteiger partial charge in [-0.05, 0) is 72.6 Å². The summed E-state index contributed by atoms with van der Waals surface area (Å²) in [7, 11) is 0. The first kappa shape index (κ1) is 32.4. The molecule has 0 bridgehead atoms. The van der Waals surface area contributed by atoms with Gasteiger partial charge in [-0.3, -0.25) is 0 Å². The zero-order valence-electron chi connectivity index (χ0n) is 24.2. The monoisotopic (exact) mass is 622 g/mol. The molecule has 3 aromatic carbocycles. The zero-order chi connectivity index (χ0) is 29.1. The molecule has 0 aromatic heterocycles. The van der Waals surface area contributed by atoms with E-state index < -0.39 is 11.9 Å². The highest BCUT2D eigenvalue weighted by Crippen LogP contribution is 2.19. The minimum atomic E-state index is -0.469. The molecule has 0 aliphatic rings. The van der Waals surface area contributed by atoms with Crippen molar-refractivity contribution < 1.29 is 23.8 Å². The Kier molecular flexibility index (Phi) is 15.1. The Morgan fingerprint density at radius 2 is 1.07 bits per heavy atom. The van der Waals surface area contributed by atoms with Crippen LogP contribution < -0.4 is 9.47 Å². The topological polar surface area (TPSA) is 61.8 Å². The molecular weight excluding hydrogens is 580 g/mol. The average molecular weight is 624 g/mol. The molecule has 0 saturated carbocycles. The lowest BCUT2D eigenvalue weighted by atomic mass is 10.1. The Balaban J connectivity index is 1.28. The predicted molar refractivity (Wildman–Crippen MR) is 168 cm³/mol. The fourth-order valence-electron chi connectivity index (χ4n) is 4.46. The Hall–Kier alpha value is -3.12. The molecule has 0 heterocycles. The molecule has 0 spiro atoms. The maximum atomic E-state index is 12.6. The van der Waals surface area contributed by atoms with E-state index in [0.29, 0.717) is 23.5 Å². The molecule has 0 atom stereocenters. The quantitative estimate of drug-likeness (QED) is 0.0756. The van der Waals surface area contributed by atoms with Gasteiger partial charge in [0.1, 0.15) is 18.1 Å². The van der Waals surface area contributed by atoms with E-state index in [0.717, 1.165) is 22.2 Å². The van der Waals surface area contributed by atoms with Gasteiger partial charge in [0.2, 0.25) is 0 Å². The van der Waals surface area contributed by atoms with Crippen molar-refractivity contribution in [2.75, 3.05) is 6.61 Å². The van der Waals surface area contributed by atoms with Crippen LogP contribution in [-0.4, -0.2) is 18.5 Å². The fourth-order valence-corrected chi connectivity index (χ4v) is 4.72. The van der Waals surface area contributed by atoms with Crippen LogP contribution >= 0.6 is 15.9 Å². The normalized spacial score (nSPS) is 10.8. The van der Waals surface area contributed by atoms with Crippen LogP contribution in [0.3, 0.4) is 0 Å². The van der Waals surface area contributed by atoms with Crippen LogP contribution in [0.1, 0.15) is 110 Å². The van der Waals surface area contributed by atoms with Crippen molar-refractivity contribution in [3.8, 4) is 11.5 Å². The second-order valence-electron chi connectivity index (χ2n) is 10.4. The molecule has 0 N–H and O–H groups in total. The number of hydrogen-bond donors (Lipinski definition) is 0. The Labute approximate surface area is 253 Å². The lowest BCUT2D eigenvalue weighted by Crippen LogP contribution is -2.09. The third kappa shape index (κ3) is 12.9. The molecule has 0 radical (unpaired) electrons.